The summed E-state index contributed by atoms with van der Waals surface area (Å²) >= 11 is 0. The molecule has 1 unspecified atom stereocenters. The molecule has 1 aliphatic rings. The standard InChI is InChI=1S/C14H23N3O/c1-10(2)8-15-14(18)11(3)17-9-16-12-6-4-5-7-13(12)17/h9-11H,4-8H2,1-3H3,(H,15,18). The molecule has 1 atom stereocenters. The van der Waals surface area contributed by atoms with Gasteiger partial charge in [0.05, 0.1) is 12.0 Å². The minimum absolute atomic E-state index is 0.0921. The quantitative estimate of drug-likeness (QED) is 0.888. The average molecular weight is 249 g/mol. The van der Waals surface area contributed by atoms with Crippen LogP contribution in [0.2, 0.25) is 0 Å². The second-order valence-electron chi connectivity index (χ2n) is 5.57. The second kappa shape index (κ2) is 5.55. The highest BCUT2D eigenvalue weighted by Gasteiger charge is 2.22. The van der Waals surface area contributed by atoms with E-state index < -0.39 is 0 Å². The first kappa shape index (κ1) is 13.1. The summed E-state index contributed by atoms with van der Waals surface area (Å²) in [6.45, 7) is 6.89. The lowest BCUT2D eigenvalue weighted by Gasteiger charge is -2.19. The Morgan fingerprint density at radius 1 is 1.39 bits per heavy atom. The third kappa shape index (κ3) is 2.74. The molecule has 4 heteroatoms. The van der Waals surface area contributed by atoms with Gasteiger partial charge in [-0.2, -0.15) is 0 Å². The Morgan fingerprint density at radius 2 is 2.11 bits per heavy atom. The maximum absolute atomic E-state index is 12.1. The number of aromatic nitrogens is 2. The van der Waals surface area contributed by atoms with Gasteiger partial charge in [0.25, 0.3) is 0 Å². The first-order valence-corrected chi connectivity index (χ1v) is 6.92. The van der Waals surface area contributed by atoms with Crippen LogP contribution in [0.3, 0.4) is 0 Å². The maximum Gasteiger partial charge on any atom is 0.242 e. The molecular weight excluding hydrogens is 226 g/mol. The molecule has 2 rings (SSSR count). The summed E-state index contributed by atoms with van der Waals surface area (Å²) in [7, 11) is 0. The first-order valence-electron chi connectivity index (χ1n) is 6.92. The van der Waals surface area contributed by atoms with Gasteiger partial charge in [0.15, 0.2) is 0 Å². The van der Waals surface area contributed by atoms with E-state index in [0.717, 1.165) is 19.4 Å². The number of aryl methyl sites for hydroxylation is 1. The van der Waals surface area contributed by atoms with Gasteiger partial charge >= 0.3 is 0 Å². The molecule has 1 aliphatic carbocycles. The predicted octanol–water partition coefficient (Wildman–Crippen LogP) is 2.10. The van der Waals surface area contributed by atoms with Gasteiger partial charge in [-0.25, -0.2) is 4.98 Å². The largest absolute Gasteiger partial charge is 0.354 e. The minimum atomic E-state index is -0.155. The zero-order valence-electron chi connectivity index (χ0n) is 11.6. The molecule has 0 saturated carbocycles. The molecule has 0 radical (unpaired) electrons. The third-order valence-corrected chi connectivity index (χ3v) is 3.54. The third-order valence-electron chi connectivity index (χ3n) is 3.54. The van der Waals surface area contributed by atoms with E-state index in [-0.39, 0.29) is 11.9 Å². The van der Waals surface area contributed by atoms with Crippen molar-refractivity contribution in [2.75, 3.05) is 6.54 Å². The number of amides is 1. The number of nitrogens with one attached hydrogen (secondary N) is 1. The van der Waals surface area contributed by atoms with Crippen LogP contribution < -0.4 is 5.32 Å². The van der Waals surface area contributed by atoms with Crippen LogP contribution in [0.25, 0.3) is 0 Å². The van der Waals surface area contributed by atoms with Crippen molar-refractivity contribution in [3.63, 3.8) is 0 Å². The summed E-state index contributed by atoms with van der Waals surface area (Å²) in [5, 5.41) is 2.99. The fourth-order valence-corrected chi connectivity index (χ4v) is 2.40. The van der Waals surface area contributed by atoms with E-state index >= 15 is 0 Å². The zero-order chi connectivity index (χ0) is 13.1. The van der Waals surface area contributed by atoms with Crippen LogP contribution >= 0.6 is 0 Å². The van der Waals surface area contributed by atoms with Crippen molar-refractivity contribution >= 4 is 5.91 Å². The molecule has 18 heavy (non-hydrogen) atoms. The molecule has 1 amide bonds. The summed E-state index contributed by atoms with van der Waals surface area (Å²) in [5.74, 6) is 0.576. The maximum atomic E-state index is 12.1. The molecule has 0 bridgehead atoms. The molecular formula is C14H23N3O. The van der Waals surface area contributed by atoms with Gasteiger partial charge in [-0.1, -0.05) is 13.8 Å². The van der Waals surface area contributed by atoms with Crippen molar-refractivity contribution in [1.82, 2.24) is 14.9 Å². The Bertz CT molecular complexity index is 423. The number of carbonyl (C=O) groups is 1. The van der Waals surface area contributed by atoms with Crippen LogP contribution in [0.15, 0.2) is 6.33 Å². The molecule has 0 saturated heterocycles. The topological polar surface area (TPSA) is 46.9 Å². The van der Waals surface area contributed by atoms with Crippen molar-refractivity contribution in [2.24, 2.45) is 5.92 Å². The highest BCUT2D eigenvalue weighted by molar-refractivity contribution is 5.80. The van der Waals surface area contributed by atoms with E-state index in [2.05, 4.69) is 24.1 Å². The van der Waals surface area contributed by atoms with Crippen molar-refractivity contribution in [2.45, 2.75) is 52.5 Å². The molecule has 1 N–H and O–H groups in total. The van der Waals surface area contributed by atoms with Gasteiger partial charge in [-0.3, -0.25) is 4.79 Å². The van der Waals surface area contributed by atoms with E-state index in [4.69, 9.17) is 0 Å². The van der Waals surface area contributed by atoms with Crippen LogP contribution in [0, 0.1) is 5.92 Å². The van der Waals surface area contributed by atoms with Crippen LogP contribution in [-0.2, 0) is 17.6 Å². The summed E-state index contributed by atoms with van der Waals surface area (Å²) in [6.07, 6.45) is 6.37. The fourth-order valence-electron chi connectivity index (χ4n) is 2.40. The number of rotatable bonds is 4. The van der Waals surface area contributed by atoms with Gasteiger partial charge in [0, 0.05) is 12.2 Å². The summed E-state index contributed by atoms with van der Waals surface area (Å²) in [5.41, 5.74) is 2.44. The van der Waals surface area contributed by atoms with Gasteiger partial charge in [0.2, 0.25) is 5.91 Å². The fraction of sp³-hybridized carbons (Fsp3) is 0.714. The molecule has 1 heterocycles. The highest BCUT2D eigenvalue weighted by atomic mass is 16.2. The predicted molar refractivity (Wildman–Crippen MR) is 71.4 cm³/mol. The highest BCUT2D eigenvalue weighted by Crippen LogP contribution is 2.22. The van der Waals surface area contributed by atoms with Crippen LogP contribution in [0.1, 0.15) is 51.0 Å². The van der Waals surface area contributed by atoms with Crippen molar-refractivity contribution in [3.05, 3.63) is 17.7 Å². The van der Waals surface area contributed by atoms with Crippen molar-refractivity contribution < 1.29 is 4.79 Å². The lowest BCUT2D eigenvalue weighted by atomic mass is 10.0. The first-order chi connectivity index (χ1) is 8.59. The Balaban J connectivity index is 2.06. The Hall–Kier alpha value is -1.32. The molecule has 4 nitrogen and oxygen atoms in total. The number of hydrogen-bond acceptors (Lipinski definition) is 2. The number of nitrogens with zero attached hydrogens (tertiary/aromatic N) is 2. The molecule has 1 aromatic rings. The van der Waals surface area contributed by atoms with Crippen molar-refractivity contribution in [3.8, 4) is 0 Å². The van der Waals surface area contributed by atoms with Crippen LogP contribution in [-0.4, -0.2) is 22.0 Å². The van der Waals surface area contributed by atoms with Gasteiger partial charge in [-0.05, 0) is 38.5 Å². The van der Waals surface area contributed by atoms with E-state index in [9.17, 15) is 4.79 Å². The lowest BCUT2D eigenvalue weighted by Crippen LogP contribution is -2.34. The molecule has 0 spiro atoms. The molecule has 0 aromatic carbocycles. The number of fused-ring (bicyclic) bond motifs is 1. The SMILES string of the molecule is CC(C)CNC(=O)C(C)n1cnc2c1CCCC2. The second-order valence-corrected chi connectivity index (χ2v) is 5.57. The molecule has 0 aliphatic heterocycles. The normalized spacial score (nSPS) is 16.4. The van der Waals surface area contributed by atoms with E-state index in [0.29, 0.717) is 5.92 Å². The number of imidazole rings is 1. The summed E-state index contributed by atoms with van der Waals surface area (Å²) < 4.78 is 2.05. The Labute approximate surface area is 109 Å². The lowest BCUT2D eigenvalue weighted by molar-refractivity contribution is -0.124. The number of carbonyl (C=O) groups excluding carboxylic acids is 1. The average Bonchev–Trinajstić information content (AvgIpc) is 2.78. The Morgan fingerprint density at radius 3 is 2.83 bits per heavy atom. The van der Waals surface area contributed by atoms with Crippen LogP contribution in [0.5, 0.6) is 0 Å². The smallest absolute Gasteiger partial charge is 0.242 e. The number of hydrogen-bond donors (Lipinski definition) is 1. The summed E-state index contributed by atoms with van der Waals surface area (Å²) in [4.78, 5) is 16.5. The van der Waals surface area contributed by atoms with Gasteiger partial charge in [-0.15, -0.1) is 0 Å². The Kier molecular flexibility index (Phi) is 4.04. The van der Waals surface area contributed by atoms with E-state index in [1.165, 1.54) is 24.2 Å². The van der Waals surface area contributed by atoms with Gasteiger partial charge in [0.1, 0.15) is 6.04 Å². The zero-order valence-corrected chi connectivity index (χ0v) is 11.6. The summed E-state index contributed by atoms with van der Waals surface area (Å²) in [6, 6.07) is -0.155. The minimum Gasteiger partial charge on any atom is -0.354 e. The van der Waals surface area contributed by atoms with E-state index in [1.807, 2.05) is 17.8 Å². The molecule has 0 fully saturated rings. The monoisotopic (exact) mass is 249 g/mol. The molecule has 1 aromatic heterocycles. The van der Waals surface area contributed by atoms with Gasteiger partial charge < -0.3 is 9.88 Å². The van der Waals surface area contributed by atoms with Crippen molar-refractivity contribution in [1.29, 1.82) is 0 Å². The van der Waals surface area contributed by atoms with E-state index in [1.54, 1.807) is 0 Å². The molecule has 100 valence electrons. The van der Waals surface area contributed by atoms with Crippen LogP contribution in [0.4, 0.5) is 0 Å².